The number of aryl methyl sites for hydroxylation is 1. The van der Waals surface area contributed by atoms with Gasteiger partial charge in [-0.25, -0.2) is 9.37 Å². The summed E-state index contributed by atoms with van der Waals surface area (Å²) in [5.41, 5.74) is 2.50. The van der Waals surface area contributed by atoms with Gasteiger partial charge in [0.1, 0.15) is 17.3 Å². The number of carbonyl (C=O) groups excluding carboxylic acids is 1. The highest BCUT2D eigenvalue weighted by Crippen LogP contribution is 2.29. The van der Waals surface area contributed by atoms with Crippen LogP contribution in [0.1, 0.15) is 35.3 Å². The second kappa shape index (κ2) is 12.1. The van der Waals surface area contributed by atoms with Crippen LogP contribution in [0, 0.1) is 5.82 Å². The maximum absolute atomic E-state index is 14.9. The third-order valence-electron chi connectivity index (χ3n) is 6.36. The molecule has 0 aliphatic carbocycles. The fourth-order valence-electron chi connectivity index (χ4n) is 4.45. The molecule has 0 spiro atoms. The van der Waals surface area contributed by atoms with Crippen LogP contribution in [0.3, 0.4) is 0 Å². The molecule has 0 radical (unpaired) electrons. The average Bonchev–Trinajstić information content (AvgIpc) is 3.32. The van der Waals surface area contributed by atoms with Crippen molar-refractivity contribution in [1.82, 2.24) is 19.4 Å². The molecule has 1 amide bonds. The fraction of sp³-hybridized carbons (Fsp3) is 0.429. The van der Waals surface area contributed by atoms with E-state index in [1.165, 1.54) is 6.07 Å². The van der Waals surface area contributed by atoms with E-state index >= 15 is 0 Å². The van der Waals surface area contributed by atoms with Crippen LogP contribution in [0.2, 0.25) is 0 Å². The summed E-state index contributed by atoms with van der Waals surface area (Å²) in [5, 5.41) is 0. The van der Waals surface area contributed by atoms with Crippen LogP contribution in [-0.4, -0.2) is 71.8 Å². The zero-order valence-electron chi connectivity index (χ0n) is 21.3. The summed E-state index contributed by atoms with van der Waals surface area (Å²) >= 11 is 0. The summed E-state index contributed by atoms with van der Waals surface area (Å²) in [5.74, 6) is 0.281. The lowest BCUT2D eigenvalue weighted by Crippen LogP contribution is -2.43. The summed E-state index contributed by atoms with van der Waals surface area (Å²) in [4.78, 5) is 21.6. The second-order valence-electron chi connectivity index (χ2n) is 9.55. The van der Waals surface area contributed by atoms with Gasteiger partial charge < -0.3 is 23.8 Å². The molecule has 1 aliphatic rings. The summed E-state index contributed by atoms with van der Waals surface area (Å²) in [6.07, 6.45) is 5.79. The van der Waals surface area contributed by atoms with Gasteiger partial charge in [-0.2, -0.15) is 0 Å². The number of imidazole rings is 1. The van der Waals surface area contributed by atoms with Crippen molar-refractivity contribution in [3.63, 3.8) is 0 Å². The van der Waals surface area contributed by atoms with Crippen LogP contribution >= 0.6 is 0 Å². The lowest BCUT2D eigenvalue weighted by molar-refractivity contribution is 0.0264. The zero-order valence-corrected chi connectivity index (χ0v) is 21.3. The van der Waals surface area contributed by atoms with E-state index in [0.717, 1.165) is 36.9 Å². The Balaban J connectivity index is 1.55. The van der Waals surface area contributed by atoms with Crippen molar-refractivity contribution >= 4 is 5.91 Å². The van der Waals surface area contributed by atoms with Gasteiger partial charge in [0.05, 0.1) is 12.9 Å². The minimum atomic E-state index is -0.308. The summed E-state index contributed by atoms with van der Waals surface area (Å²) in [6, 6.07) is 12.6. The Labute approximate surface area is 212 Å². The Hall–Kier alpha value is -3.23. The van der Waals surface area contributed by atoms with Gasteiger partial charge in [-0.05, 0) is 68.8 Å². The number of amides is 1. The van der Waals surface area contributed by atoms with E-state index in [2.05, 4.69) is 9.88 Å². The summed E-state index contributed by atoms with van der Waals surface area (Å²) in [6.45, 7) is 3.14. The number of carbonyl (C=O) groups is 1. The minimum Gasteiger partial charge on any atom is -0.494 e. The predicted octanol–water partition coefficient (Wildman–Crippen LogP) is 4.38. The summed E-state index contributed by atoms with van der Waals surface area (Å²) in [7, 11) is 5.90. The number of benzene rings is 2. The molecule has 192 valence electrons. The van der Waals surface area contributed by atoms with E-state index in [1.807, 2.05) is 56.4 Å². The molecule has 4 rings (SSSR count). The van der Waals surface area contributed by atoms with Gasteiger partial charge >= 0.3 is 0 Å². The van der Waals surface area contributed by atoms with Crippen molar-refractivity contribution in [2.24, 2.45) is 7.05 Å². The SMILES string of the molecule is CN(C)CCCOc1cccc(-c2cc(CN(C(=O)c3cn(C)cn3)C3CCOCC3)ccc2F)c1. The predicted molar refractivity (Wildman–Crippen MR) is 137 cm³/mol. The van der Waals surface area contributed by atoms with Crippen molar-refractivity contribution < 1.29 is 18.7 Å². The Morgan fingerprint density at radius 1 is 1.19 bits per heavy atom. The molecule has 0 bridgehead atoms. The molecule has 1 saturated heterocycles. The molecule has 1 aromatic heterocycles. The molecule has 2 aromatic carbocycles. The van der Waals surface area contributed by atoms with Gasteiger partial charge in [0.2, 0.25) is 0 Å². The highest BCUT2D eigenvalue weighted by molar-refractivity contribution is 5.92. The van der Waals surface area contributed by atoms with Crippen LogP contribution in [0.25, 0.3) is 11.1 Å². The maximum atomic E-state index is 14.9. The van der Waals surface area contributed by atoms with Gasteiger partial charge in [-0.3, -0.25) is 4.79 Å². The van der Waals surface area contributed by atoms with Gasteiger partial charge in [-0.15, -0.1) is 0 Å². The first kappa shape index (κ1) is 25.9. The Bertz CT molecular complexity index is 1160. The number of rotatable bonds is 10. The number of aromatic nitrogens is 2. The third-order valence-corrected chi connectivity index (χ3v) is 6.36. The lowest BCUT2D eigenvalue weighted by atomic mass is 10.0. The molecular weight excluding hydrogens is 459 g/mol. The van der Waals surface area contributed by atoms with Crippen LogP contribution in [-0.2, 0) is 18.3 Å². The first-order chi connectivity index (χ1) is 17.4. The lowest BCUT2D eigenvalue weighted by Gasteiger charge is -2.34. The molecular formula is C28H35FN4O3. The molecule has 0 unspecified atom stereocenters. The number of hydrogen-bond acceptors (Lipinski definition) is 5. The standard InChI is InChI=1S/C28H35FN4O3/c1-31(2)12-5-13-36-24-7-4-6-22(17-24)25-16-21(8-9-26(25)29)18-33(23-10-14-35-15-11-23)28(34)27-19-32(3)20-30-27/h4,6-9,16-17,19-20,23H,5,10-15,18H2,1-3H3. The van der Waals surface area contributed by atoms with Gasteiger partial charge in [0.25, 0.3) is 5.91 Å². The zero-order chi connectivity index (χ0) is 25.5. The monoisotopic (exact) mass is 494 g/mol. The summed E-state index contributed by atoms with van der Waals surface area (Å²) < 4.78 is 28.1. The molecule has 0 atom stereocenters. The van der Waals surface area contributed by atoms with Crippen LogP contribution in [0.15, 0.2) is 55.0 Å². The third kappa shape index (κ3) is 6.71. The number of ether oxygens (including phenoxy) is 2. The molecule has 1 fully saturated rings. The van der Waals surface area contributed by atoms with Gasteiger partial charge in [0, 0.05) is 51.2 Å². The molecule has 3 aromatic rings. The number of hydrogen-bond donors (Lipinski definition) is 0. The van der Waals surface area contributed by atoms with Gasteiger partial charge in [0.15, 0.2) is 0 Å². The second-order valence-corrected chi connectivity index (χ2v) is 9.55. The normalized spacial score (nSPS) is 14.2. The van der Waals surface area contributed by atoms with E-state index in [1.54, 1.807) is 23.2 Å². The van der Waals surface area contributed by atoms with Gasteiger partial charge in [-0.1, -0.05) is 18.2 Å². The Morgan fingerprint density at radius 2 is 2.00 bits per heavy atom. The highest BCUT2D eigenvalue weighted by atomic mass is 19.1. The molecule has 0 N–H and O–H groups in total. The maximum Gasteiger partial charge on any atom is 0.274 e. The highest BCUT2D eigenvalue weighted by Gasteiger charge is 2.28. The molecule has 0 saturated carbocycles. The van der Waals surface area contributed by atoms with E-state index < -0.39 is 0 Å². The van der Waals surface area contributed by atoms with Crippen LogP contribution < -0.4 is 4.74 Å². The van der Waals surface area contributed by atoms with Crippen LogP contribution in [0.4, 0.5) is 4.39 Å². The fourth-order valence-corrected chi connectivity index (χ4v) is 4.45. The smallest absolute Gasteiger partial charge is 0.274 e. The minimum absolute atomic E-state index is 0.0423. The number of halogens is 1. The molecule has 7 nitrogen and oxygen atoms in total. The van der Waals surface area contributed by atoms with Crippen LogP contribution in [0.5, 0.6) is 5.75 Å². The van der Waals surface area contributed by atoms with E-state index in [-0.39, 0.29) is 17.8 Å². The largest absolute Gasteiger partial charge is 0.494 e. The van der Waals surface area contributed by atoms with E-state index in [0.29, 0.717) is 43.4 Å². The number of nitrogens with zero attached hydrogens (tertiary/aromatic N) is 4. The van der Waals surface area contributed by atoms with Crippen molar-refractivity contribution in [3.8, 4) is 16.9 Å². The Kier molecular flexibility index (Phi) is 8.72. The van der Waals surface area contributed by atoms with Crippen molar-refractivity contribution in [3.05, 3.63) is 72.1 Å². The quantitative estimate of drug-likeness (QED) is 0.392. The van der Waals surface area contributed by atoms with E-state index in [9.17, 15) is 9.18 Å². The van der Waals surface area contributed by atoms with Crippen molar-refractivity contribution in [2.45, 2.75) is 31.8 Å². The topological polar surface area (TPSA) is 59.8 Å². The first-order valence-corrected chi connectivity index (χ1v) is 12.4. The Morgan fingerprint density at radius 3 is 2.72 bits per heavy atom. The average molecular weight is 495 g/mol. The van der Waals surface area contributed by atoms with Crippen molar-refractivity contribution in [2.75, 3.05) is 40.5 Å². The molecule has 36 heavy (non-hydrogen) atoms. The van der Waals surface area contributed by atoms with E-state index in [4.69, 9.17) is 9.47 Å². The molecule has 8 heteroatoms. The molecule has 2 heterocycles. The first-order valence-electron chi connectivity index (χ1n) is 12.4. The molecule has 1 aliphatic heterocycles. The van der Waals surface area contributed by atoms with Crippen molar-refractivity contribution in [1.29, 1.82) is 0 Å².